The lowest BCUT2D eigenvalue weighted by Crippen LogP contribution is -2.14. The largest absolute Gasteiger partial charge is 0.465 e. The second-order valence-corrected chi connectivity index (χ2v) is 6.59. The molecular weight excluding hydrogens is 396 g/mol. The molecule has 0 heterocycles. The molecule has 0 radical (unpaired) electrons. The number of hydrogen-bond acceptors (Lipinski definition) is 5. The predicted molar refractivity (Wildman–Crippen MR) is 116 cm³/mol. The molecule has 0 aliphatic heterocycles. The maximum absolute atomic E-state index is 12.6. The molecular formula is C24H18N2O5. The molecule has 0 unspecified atom stereocenters. The quantitative estimate of drug-likeness (QED) is 0.296. The van der Waals surface area contributed by atoms with Crippen LogP contribution in [0.2, 0.25) is 0 Å². The first-order chi connectivity index (χ1) is 14.9. The standard InChI is InChI=1S/C24H18N2O5/c1-16-6-3-11-21(22(16)26(29)30)23(27)25-20-10-5-8-18(15-20)13-12-17-7-4-9-19(14-17)24(28)31-2/h3-11,14-15H,1-2H3,(H,25,27). The van der Waals surface area contributed by atoms with E-state index in [0.29, 0.717) is 27.9 Å². The Morgan fingerprint density at radius 2 is 1.61 bits per heavy atom. The van der Waals surface area contributed by atoms with Crippen molar-refractivity contribution in [3.63, 3.8) is 0 Å². The number of anilines is 1. The predicted octanol–water partition coefficient (Wildman–Crippen LogP) is 4.34. The summed E-state index contributed by atoms with van der Waals surface area (Å²) in [6.45, 7) is 1.58. The summed E-state index contributed by atoms with van der Waals surface area (Å²) in [5.41, 5.74) is 2.28. The summed E-state index contributed by atoms with van der Waals surface area (Å²) in [5.74, 6) is 4.92. The molecule has 3 aromatic rings. The summed E-state index contributed by atoms with van der Waals surface area (Å²) in [5, 5.41) is 14.0. The minimum absolute atomic E-state index is 0.0129. The van der Waals surface area contributed by atoms with Gasteiger partial charge in [-0.3, -0.25) is 14.9 Å². The van der Waals surface area contributed by atoms with Gasteiger partial charge in [0, 0.05) is 22.4 Å². The number of methoxy groups -OCH3 is 1. The fraction of sp³-hybridized carbons (Fsp3) is 0.0833. The van der Waals surface area contributed by atoms with Gasteiger partial charge in [-0.1, -0.05) is 36.1 Å². The third kappa shape index (κ3) is 5.14. The molecule has 154 valence electrons. The Labute approximate surface area is 178 Å². The molecule has 7 nitrogen and oxygen atoms in total. The Morgan fingerprint density at radius 3 is 2.29 bits per heavy atom. The number of nitrogens with one attached hydrogen (secondary N) is 1. The number of amides is 1. The second-order valence-electron chi connectivity index (χ2n) is 6.59. The Balaban J connectivity index is 1.82. The van der Waals surface area contributed by atoms with Crippen molar-refractivity contribution in [1.82, 2.24) is 0 Å². The Hall–Kier alpha value is -4.44. The van der Waals surface area contributed by atoms with Gasteiger partial charge in [0.25, 0.3) is 11.6 Å². The van der Waals surface area contributed by atoms with Crippen molar-refractivity contribution < 1.29 is 19.2 Å². The summed E-state index contributed by atoms with van der Waals surface area (Å²) < 4.78 is 4.70. The van der Waals surface area contributed by atoms with Gasteiger partial charge >= 0.3 is 5.97 Å². The Bertz CT molecular complexity index is 1240. The number of nitrogens with zero attached hydrogens (tertiary/aromatic N) is 1. The second kappa shape index (κ2) is 9.37. The van der Waals surface area contributed by atoms with Gasteiger partial charge in [0.1, 0.15) is 5.56 Å². The third-order valence-corrected chi connectivity index (χ3v) is 4.42. The van der Waals surface area contributed by atoms with E-state index in [0.717, 1.165) is 0 Å². The van der Waals surface area contributed by atoms with E-state index >= 15 is 0 Å². The number of para-hydroxylation sites is 1. The van der Waals surface area contributed by atoms with Gasteiger partial charge in [0.2, 0.25) is 0 Å². The molecule has 0 fully saturated rings. The van der Waals surface area contributed by atoms with Crippen molar-refractivity contribution >= 4 is 23.3 Å². The fourth-order valence-electron chi connectivity index (χ4n) is 2.94. The first-order valence-corrected chi connectivity index (χ1v) is 9.25. The van der Waals surface area contributed by atoms with Gasteiger partial charge in [-0.25, -0.2) is 4.79 Å². The molecule has 0 aliphatic rings. The van der Waals surface area contributed by atoms with Crippen LogP contribution in [0.3, 0.4) is 0 Å². The van der Waals surface area contributed by atoms with Gasteiger partial charge in [-0.05, 0) is 49.4 Å². The highest BCUT2D eigenvalue weighted by Crippen LogP contribution is 2.24. The minimum Gasteiger partial charge on any atom is -0.465 e. The van der Waals surface area contributed by atoms with Crippen molar-refractivity contribution in [2.45, 2.75) is 6.92 Å². The molecule has 0 atom stereocenters. The van der Waals surface area contributed by atoms with Crippen LogP contribution in [0.4, 0.5) is 11.4 Å². The first kappa shape index (κ1) is 21.3. The Morgan fingerprint density at radius 1 is 0.968 bits per heavy atom. The van der Waals surface area contributed by atoms with Crippen LogP contribution < -0.4 is 5.32 Å². The number of aryl methyl sites for hydroxylation is 1. The highest BCUT2D eigenvalue weighted by atomic mass is 16.6. The van der Waals surface area contributed by atoms with E-state index in [2.05, 4.69) is 17.2 Å². The number of ether oxygens (including phenoxy) is 1. The van der Waals surface area contributed by atoms with E-state index in [4.69, 9.17) is 4.74 Å². The van der Waals surface area contributed by atoms with Crippen molar-refractivity contribution in [1.29, 1.82) is 0 Å². The lowest BCUT2D eigenvalue weighted by molar-refractivity contribution is -0.385. The van der Waals surface area contributed by atoms with E-state index in [1.54, 1.807) is 67.6 Å². The van der Waals surface area contributed by atoms with Crippen LogP contribution in [0.25, 0.3) is 0 Å². The van der Waals surface area contributed by atoms with Gasteiger partial charge in [-0.15, -0.1) is 0 Å². The number of hydrogen-bond donors (Lipinski definition) is 1. The first-order valence-electron chi connectivity index (χ1n) is 9.25. The molecule has 1 amide bonds. The molecule has 0 spiro atoms. The van der Waals surface area contributed by atoms with Crippen molar-refractivity contribution in [3.05, 3.63) is 105 Å². The summed E-state index contributed by atoms with van der Waals surface area (Å²) in [6, 6.07) is 18.2. The maximum Gasteiger partial charge on any atom is 0.337 e. The lowest BCUT2D eigenvalue weighted by Gasteiger charge is -2.07. The van der Waals surface area contributed by atoms with Crippen molar-refractivity contribution in [2.24, 2.45) is 0 Å². The highest BCUT2D eigenvalue weighted by Gasteiger charge is 2.22. The number of nitro benzene ring substituents is 1. The van der Waals surface area contributed by atoms with Crippen LogP contribution >= 0.6 is 0 Å². The van der Waals surface area contributed by atoms with Gasteiger partial charge < -0.3 is 10.1 Å². The summed E-state index contributed by atoms with van der Waals surface area (Å²) in [4.78, 5) is 35.0. The minimum atomic E-state index is -0.578. The van der Waals surface area contributed by atoms with E-state index in [1.165, 1.54) is 13.2 Å². The van der Waals surface area contributed by atoms with Crippen molar-refractivity contribution in [3.8, 4) is 11.8 Å². The Kier molecular flexibility index (Phi) is 6.43. The zero-order valence-corrected chi connectivity index (χ0v) is 16.8. The van der Waals surface area contributed by atoms with Crippen LogP contribution in [0.5, 0.6) is 0 Å². The third-order valence-electron chi connectivity index (χ3n) is 4.42. The molecule has 31 heavy (non-hydrogen) atoms. The zero-order valence-electron chi connectivity index (χ0n) is 16.8. The molecule has 0 saturated heterocycles. The van der Waals surface area contributed by atoms with E-state index in [9.17, 15) is 19.7 Å². The topological polar surface area (TPSA) is 98.5 Å². The van der Waals surface area contributed by atoms with Crippen LogP contribution in [0.15, 0.2) is 66.7 Å². The fourth-order valence-corrected chi connectivity index (χ4v) is 2.94. The number of carbonyl (C=O) groups is 2. The van der Waals surface area contributed by atoms with Crippen LogP contribution in [-0.2, 0) is 4.74 Å². The number of nitro groups is 1. The van der Waals surface area contributed by atoms with Gasteiger partial charge in [0.05, 0.1) is 17.6 Å². The average molecular weight is 414 g/mol. The van der Waals surface area contributed by atoms with Crippen LogP contribution in [-0.4, -0.2) is 23.9 Å². The average Bonchev–Trinajstić information content (AvgIpc) is 2.77. The molecule has 0 bridgehead atoms. The number of rotatable bonds is 4. The van der Waals surface area contributed by atoms with Crippen molar-refractivity contribution in [2.75, 3.05) is 12.4 Å². The molecule has 0 aromatic heterocycles. The van der Waals surface area contributed by atoms with E-state index in [1.807, 2.05) is 0 Å². The number of carbonyl (C=O) groups excluding carboxylic acids is 2. The smallest absolute Gasteiger partial charge is 0.337 e. The molecule has 7 heteroatoms. The molecule has 0 aliphatic carbocycles. The van der Waals surface area contributed by atoms with Crippen LogP contribution in [0.1, 0.15) is 37.4 Å². The summed E-state index contributed by atoms with van der Waals surface area (Å²) in [7, 11) is 1.31. The number of esters is 1. The normalized spacial score (nSPS) is 9.87. The number of benzene rings is 3. The molecule has 3 rings (SSSR count). The summed E-state index contributed by atoms with van der Waals surface area (Å²) in [6.07, 6.45) is 0. The maximum atomic E-state index is 12.6. The van der Waals surface area contributed by atoms with Gasteiger partial charge in [0.15, 0.2) is 0 Å². The SMILES string of the molecule is COC(=O)c1cccc(C#Cc2cccc(NC(=O)c3cccc(C)c3[N+](=O)[O-])c2)c1. The van der Waals surface area contributed by atoms with Gasteiger partial charge in [-0.2, -0.15) is 0 Å². The van der Waals surface area contributed by atoms with E-state index < -0.39 is 16.8 Å². The van der Waals surface area contributed by atoms with E-state index in [-0.39, 0.29) is 11.3 Å². The van der Waals surface area contributed by atoms with Crippen LogP contribution in [0, 0.1) is 28.9 Å². The summed E-state index contributed by atoms with van der Waals surface area (Å²) >= 11 is 0. The molecule has 3 aromatic carbocycles. The monoisotopic (exact) mass is 414 g/mol. The molecule has 1 N–H and O–H groups in total. The zero-order chi connectivity index (χ0) is 22.4. The lowest BCUT2D eigenvalue weighted by atomic mass is 10.1. The highest BCUT2D eigenvalue weighted by molar-refractivity contribution is 6.07. The molecule has 0 saturated carbocycles.